The molecule has 1 aromatic rings. The highest BCUT2D eigenvalue weighted by Crippen LogP contribution is 2.33. The number of anilines is 2. The Morgan fingerprint density at radius 2 is 2.31 bits per heavy atom. The Labute approximate surface area is 81.9 Å². The van der Waals surface area contributed by atoms with Crippen molar-refractivity contribution in [2.45, 2.75) is 20.3 Å². The van der Waals surface area contributed by atoms with Gasteiger partial charge in [0.2, 0.25) is 11.1 Å². The Kier molecular flexibility index (Phi) is 1.91. The molecule has 0 amide bonds. The number of nitrogens with two attached hydrogens (primary N) is 1. The Morgan fingerprint density at radius 1 is 1.54 bits per heavy atom. The van der Waals surface area contributed by atoms with Crippen molar-refractivity contribution in [2.24, 2.45) is 5.41 Å². The maximum atomic E-state index is 5.48. The monoisotopic (exact) mass is 198 g/mol. The second-order valence-corrected chi connectivity index (χ2v) is 5.00. The van der Waals surface area contributed by atoms with Crippen molar-refractivity contribution in [1.29, 1.82) is 0 Å². The highest BCUT2D eigenvalue weighted by Gasteiger charge is 2.30. The van der Waals surface area contributed by atoms with Crippen LogP contribution in [0, 0.1) is 5.41 Å². The van der Waals surface area contributed by atoms with E-state index in [1.54, 1.807) is 0 Å². The van der Waals surface area contributed by atoms with Crippen molar-refractivity contribution in [3.05, 3.63) is 0 Å². The highest BCUT2D eigenvalue weighted by molar-refractivity contribution is 7.09. The fourth-order valence-electron chi connectivity index (χ4n) is 1.63. The third-order valence-corrected chi connectivity index (χ3v) is 3.17. The van der Waals surface area contributed by atoms with Gasteiger partial charge >= 0.3 is 0 Å². The molecule has 0 radical (unpaired) electrons. The number of rotatable bonds is 1. The lowest BCUT2D eigenvalue weighted by molar-refractivity contribution is 0.418. The molecule has 72 valence electrons. The van der Waals surface area contributed by atoms with E-state index in [4.69, 9.17) is 5.73 Å². The molecular formula is C8H14N4S. The molecule has 2 rings (SSSR count). The van der Waals surface area contributed by atoms with Gasteiger partial charge in [0.1, 0.15) is 0 Å². The van der Waals surface area contributed by atoms with Crippen LogP contribution >= 0.6 is 11.5 Å². The van der Waals surface area contributed by atoms with Crippen molar-refractivity contribution in [1.82, 2.24) is 9.36 Å². The predicted molar refractivity (Wildman–Crippen MR) is 54.9 cm³/mol. The molecule has 1 aromatic heterocycles. The van der Waals surface area contributed by atoms with Crippen molar-refractivity contribution in [2.75, 3.05) is 23.7 Å². The van der Waals surface area contributed by atoms with Gasteiger partial charge in [0.25, 0.3) is 0 Å². The van der Waals surface area contributed by atoms with Crippen LogP contribution in [0.15, 0.2) is 0 Å². The Hall–Kier alpha value is -0.840. The molecule has 13 heavy (non-hydrogen) atoms. The highest BCUT2D eigenvalue weighted by atomic mass is 32.1. The average Bonchev–Trinajstić information content (AvgIpc) is 2.56. The average molecular weight is 198 g/mol. The van der Waals surface area contributed by atoms with Gasteiger partial charge in [-0.3, -0.25) is 0 Å². The molecule has 1 saturated heterocycles. The van der Waals surface area contributed by atoms with Gasteiger partial charge in [0, 0.05) is 24.6 Å². The zero-order valence-electron chi connectivity index (χ0n) is 7.95. The minimum atomic E-state index is 0.393. The van der Waals surface area contributed by atoms with Gasteiger partial charge in [-0.05, 0) is 11.8 Å². The molecule has 0 spiro atoms. The summed E-state index contributed by atoms with van der Waals surface area (Å²) in [5, 5.41) is 0.961. The van der Waals surface area contributed by atoms with E-state index >= 15 is 0 Å². The quantitative estimate of drug-likeness (QED) is 0.740. The number of hydrogen-bond acceptors (Lipinski definition) is 5. The summed E-state index contributed by atoms with van der Waals surface area (Å²) in [6.07, 6.45) is 1.21. The molecule has 0 bridgehead atoms. The predicted octanol–water partition coefficient (Wildman–Crippen LogP) is 1.36. The van der Waals surface area contributed by atoms with Crippen molar-refractivity contribution in [3.8, 4) is 0 Å². The van der Waals surface area contributed by atoms with Gasteiger partial charge < -0.3 is 10.6 Å². The molecule has 5 heteroatoms. The van der Waals surface area contributed by atoms with Crippen molar-refractivity contribution >= 4 is 22.6 Å². The minimum Gasteiger partial charge on any atom is -0.367 e. The summed E-state index contributed by atoms with van der Waals surface area (Å²) in [5.74, 6) is 0.393. The van der Waals surface area contributed by atoms with Crippen LogP contribution in [0.5, 0.6) is 0 Å². The lowest BCUT2D eigenvalue weighted by Crippen LogP contribution is -2.22. The summed E-state index contributed by atoms with van der Waals surface area (Å²) >= 11 is 1.39. The lowest BCUT2D eigenvalue weighted by atomic mass is 9.93. The van der Waals surface area contributed by atoms with E-state index in [9.17, 15) is 0 Å². The molecular weight excluding hydrogens is 184 g/mol. The van der Waals surface area contributed by atoms with Crippen molar-refractivity contribution in [3.63, 3.8) is 0 Å². The first-order valence-corrected chi connectivity index (χ1v) is 5.18. The van der Waals surface area contributed by atoms with Crippen LogP contribution in [-0.4, -0.2) is 22.4 Å². The first-order chi connectivity index (χ1) is 6.07. The van der Waals surface area contributed by atoms with Crippen LogP contribution < -0.4 is 10.6 Å². The van der Waals surface area contributed by atoms with E-state index in [2.05, 4.69) is 28.1 Å². The SMILES string of the molecule is CC1(C)CCN(c2nc(N)ns2)C1. The van der Waals surface area contributed by atoms with E-state index < -0.39 is 0 Å². The van der Waals surface area contributed by atoms with E-state index in [-0.39, 0.29) is 0 Å². The minimum absolute atomic E-state index is 0.393. The maximum absolute atomic E-state index is 5.48. The van der Waals surface area contributed by atoms with E-state index in [0.717, 1.165) is 18.2 Å². The van der Waals surface area contributed by atoms with Gasteiger partial charge in [-0.1, -0.05) is 13.8 Å². The zero-order chi connectivity index (χ0) is 9.47. The topological polar surface area (TPSA) is 55.0 Å². The third-order valence-electron chi connectivity index (χ3n) is 2.38. The molecule has 0 unspecified atom stereocenters. The molecule has 2 N–H and O–H groups in total. The number of aromatic nitrogens is 2. The normalized spacial score (nSPS) is 20.9. The third kappa shape index (κ3) is 1.75. The zero-order valence-corrected chi connectivity index (χ0v) is 8.77. The Balaban J connectivity index is 2.12. The van der Waals surface area contributed by atoms with E-state index in [0.29, 0.717) is 11.4 Å². The summed E-state index contributed by atoms with van der Waals surface area (Å²) in [7, 11) is 0. The Bertz CT molecular complexity index is 307. The van der Waals surface area contributed by atoms with Crippen molar-refractivity contribution < 1.29 is 0 Å². The van der Waals surface area contributed by atoms with Gasteiger partial charge in [0.05, 0.1) is 0 Å². The van der Waals surface area contributed by atoms with Crippen LogP contribution in [0.4, 0.5) is 11.1 Å². The summed E-state index contributed by atoms with van der Waals surface area (Å²) in [6.45, 7) is 6.68. The summed E-state index contributed by atoms with van der Waals surface area (Å²) in [6, 6.07) is 0. The molecule has 0 saturated carbocycles. The van der Waals surface area contributed by atoms with Gasteiger partial charge in [-0.25, -0.2) is 0 Å². The van der Waals surface area contributed by atoms with E-state index in [1.807, 2.05) is 0 Å². The van der Waals surface area contributed by atoms with Crippen LogP contribution in [-0.2, 0) is 0 Å². The number of nitrogen functional groups attached to an aromatic ring is 1. The molecule has 0 aromatic carbocycles. The smallest absolute Gasteiger partial charge is 0.233 e. The lowest BCUT2D eigenvalue weighted by Gasteiger charge is -2.18. The molecule has 1 fully saturated rings. The standard InChI is InChI=1S/C8H14N4S/c1-8(2)3-4-12(5-8)7-10-6(9)11-13-7/h3-5H2,1-2H3,(H2,9,11). The largest absolute Gasteiger partial charge is 0.367 e. The first kappa shape index (κ1) is 8.74. The Morgan fingerprint density at radius 3 is 2.77 bits per heavy atom. The molecule has 4 nitrogen and oxygen atoms in total. The first-order valence-electron chi connectivity index (χ1n) is 4.41. The second kappa shape index (κ2) is 2.83. The van der Waals surface area contributed by atoms with Crippen LogP contribution in [0.1, 0.15) is 20.3 Å². The molecule has 0 atom stereocenters. The summed E-state index contributed by atoms with van der Waals surface area (Å²) in [4.78, 5) is 6.43. The number of nitrogens with zero attached hydrogens (tertiary/aromatic N) is 3. The fourth-order valence-corrected chi connectivity index (χ4v) is 2.25. The molecule has 1 aliphatic rings. The van der Waals surface area contributed by atoms with Gasteiger partial charge in [-0.15, -0.1) is 0 Å². The second-order valence-electron chi connectivity index (χ2n) is 4.27. The fraction of sp³-hybridized carbons (Fsp3) is 0.750. The van der Waals surface area contributed by atoms with Crippen LogP contribution in [0.3, 0.4) is 0 Å². The van der Waals surface area contributed by atoms with Gasteiger partial charge in [0.15, 0.2) is 0 Å². The maximum Gasteiger partial charge on any atom is 0.233 e. The molecule has 2 heterocycles. The summed E-state index contributed by atoms with van der Waals surface area (Å²) < 4.78 is 3.98. The number of hydrogen-bond donors (Lipinski definition) is 1. The van der Waals surface area contributed by atoms with Gasteiger partial charge in [-0.2, -0.15) is 9.36 Å². The van der Waals surface area contributed by atoms with Crippen LogP contribution in [0.25, 0.3) is 0 Å². The molecule has 0 aliphatic carbocycles. The van der Waals surface area contributed by atoms with E-state index in [1.165, 1.54) is 18.0 Å². The molecule has 1 aliphatic heterocycles. The van der Waals surface area contributed by atoms with Crippen LogP contribution in [0.2, 0.25) is 0 Å². The summed E-state index contributed by atoms with van der Waals surface area (Å²) in [5.41, 5.74) is 5.88.